The van der Waals surface area contributed by atoms with Gasteiger partial charge in [-0.05, 0) is 31.4 Å². The summed E-state index contributed by atoms with van der Waals surface area (Å²) in [6, 6.07) is 2.90. The number of piperidine rings is 1. The number of fused-ring (bicyclic) bond motifs is 1. The maximum Gasteiger partial charge on any atom is 0.228 e. The van der Waals surface area contributed by atoms with Crippen molar-refractivity contribution in [2.45, 2.75) is 31.8 Å². The second-order valence-electron chi connectivity index (χ2n) is 6.51. The van der Waals surface area contributed by atoms with Crippen LogP contribution >= 0.6 is 0 Å². The standard InChI is InChI=1S/C17H23FN2O3/c1-22-12-17-6-2-8-23-15(17)5-7-20(11-17)16(21)9-14-4-3-13(18)10-19-14/h3-4,10,15H,2,5-9,11-12H2,1H3/t15-,17+/m0/s1. The molecule has 2 aliphatic rings. The van der Waals surface area contributed by atoms with Crippen LogP contribution in [0.5, 0.6) is 0 Å². The largest absolute Gasteiger partial charge is 0.384 e. The van der Waals surface area contributed by atoms with Gasteiger partial charge in [-0.25, -0.2) is 4.39 Å². The summed E-state index contributed by atoms with van der Waals surface area (Å²) < 4.78 is 24.3. The Morgan fingerprint density at radius 2 is 2.43 bits per heavy atom. The van der Waals surface area contributed by atoms with E-state index in [0.29, 0.717) is 25.4 Å². The first-order chi connectivity index (χ1) is 11.1. The molecular weight excluding hydrogens is 299 g/mol. The van der Waals surface area contributed by atoms with Crippen molar-refractivity contribution in [2.75, 3.05) is 33.4 Å². The van der Waals surface area contributed by atoms with Gasteiger partial charge in [0.05, 0.1) is 25.3 Å². The predicted molar refractivity (Wildman–Crippen MR) is 82.4 cm³/mol. The van der Waals surface area contributed by atoms with Crippen LogP contribution < -0.4 is 0 Å². The molecule has 3 heterocycles. The topological polar surface area (TPSA) is 51.7 Å². The Bertz CT molecular complexity index is 547. The van der Waals surface area contributed by atoms with Crippen LogP contribution in [0, 0.1) is 11.2 Å². The van der Waals surface area contributed by atoms with E-state index in [2.05, 4.69) is 4.98 Å². The monoisotopic (exact) mass is 322 g/mol. The summed E-state index contributed by atoms with van der Waals surface area (Å²) in [4.78, 5) is 18.4. The highest BCUT2D eigenvalue weighted by Crippen LogP contribution is 2.40. The number of nitrogens with zero attached hydrogens (tertiary/aromatic N) is 2. The molecule has 1 amide bonds. The Balaban J connectivity index is 1.68. The molecule has 1 aromatic rings. The molecule has 0 aromatic carbocycles. The van der Waals surface area contributed by atoms with E-state index in [-0.39, 0.29) is 29.7 Å². The average Bonchev–Trinajstić information content (AvgIpc) is 2.56. The van der Waals surface area contributed by atoms with Crippen molar-refractivity contribution in [1.29, 1.82) is 0 Å². The van der Waals surface area contributed by atoms with Gasteiger partial charge in [-0.2, -0.15) is 0 Å². The second-order valence-corrected chi connectivity index (χ2v) is 6.51. The number of pyridine rings is 1. The number of amides is 1. The molecule has 0 saturated carbocycles. The molecule has 5 nitrogen and oxygen atoms in total. The molecule has 0 bridgehead atoms. The summed E-state index contributed by atoms with van der Waals surface area (Å²) in [6.45, 7) is 2.75. The van der Waals surface area contributed by atoms with E-state index in [1.54, 1.807) is 13.2 Å². The van der Waals surface area contributed by atoms with Crippen LogP contribution in [-0.4, -0.2) is 55.3 Å². The van der Waals surface area contributed by atoms with Gasteiger partial charge in [0.2, 0.25) is 5.91 Å². The molecule has 3 rings (SSSR count). The molecule has 0 unspecified atom stereocenters. The van der Waals surface area contributed by atoms with Crippen LogP contribution in [0.2, 0.25) is 0 Å². The number of halogens is 1. The van der Waals surface area contributed by atoms with Crippen molar-refractivity contribution in [3.63, 3.8) is 0 Å². The van der Waals surface area contributed by atoms with E-state index >= 15 is 0 Å². The van der Waals surface area contributed by atoms with Crippen LogP contribution in [0.25, 0.3) is 0 Å². The van der Waals surface area contributed by atoms with E-state index in [9.17, 15) is 9.18 Å². The van der Waals surface area contributed by atoms with Gasteiger partial charge in [0, 0.05) is 37.9 Å². The average molecular weight is 322 g/mol. The predicted octanol–water partition coefficient (Wildman–Crippen LogP) is 1.81. The van der Waals surface area contributed by atoms with Gasteiger partial charge in [0.25, 0.3) is 0 Å². The fourth-order valence-corrected chi connectivity index (χ4v) is 3.78. The van der Waals surface area contributed by atoms with E-state index in [1.165, 1.54) is 6.07 Å². The zero-order chi connectivity index (χ0) is 16.3. The molecule has 0 radical (unpaired) electrons. The SMILES string of the molecule is COC[C@]12CCCO[C@H]1CCN(C(=O)Cc1ccc(F)cn1)C2. The minimum absolute atomic E-state index is 0.0311. The Kier molecular flexibility index (Phi) is 4.92. The van der Waals surface area contributed by atoms with Gasteiger partial charge < -0.3 is 14.4 Å². The molecule has 2 aliphatic heterocycles. The van der Waals surface area contributed by atoms with Crippen molar-refractivity contribution in [3.8, 4) is 0 Å². The number of hydrogen-bond acceptors (Lipinski definition) is 4. The van der Waals surface area contributed by atoms with Crippen molar-refractivity contribution in [1.82, 2.24) is 9.88 Å². The van der Waals surface area contributed by atoms with Crippen LogP contribution in [0.1, 0.15) is 25.0 Å². The third-order valence-corrected chi connectivity index (χ3v) is 4.89. The molecule has 126 valence electrons. The summed E-state index contributed by atoms with van der Waals surface area (Å²) in [7, 11) is 1.70. The highest BCUT2D eigenvalue weighted by Gasteiger charge is 2.46. The Labute approximate surface area is 135 Å². The lowest BCUT2D eigenvalue weighted by Crippen LogP contribution is -2.58. The number of ether oxygens (including phenoxy) is 2. The molecule has 6 heteroatoms. The van der Waals surface area contributed by atoms with Crippen molar-refractivity contribution < 1.29 is 18.7 Å². The Morgan fingerprint density at radius 3 is 3.17 bits per heavy atom. The molecule has 2 atom stereocenters. The normalized spacial score (nSPS) is 27.6. The number of aromatic nitrogens is 1. The molecule has 0 spiro atoms. The second kappa shape index (κ2) is 6.93. The highest BCUT2D eigenvalue weighted by molar-refractivity contribution is 5.78. The lowest BCUT2D eigenvalue weighted by molar-refractivity contribution is -0.161. The van der Waals surface area contributed by atoms with Crippen LogP contribution in [0.4, 0.5) is 4.39 Å². The van der Waals surface area contributed by atoms with E-state index in [4.69, 9.17) is 9.47 Å². The van der Waals surface area contributed by atoms with E-state index < -0.39 is 0 Å². The number of rotatable bonds is 4. The Hall–Kier alpha value is -1.53. The lowest BCUT2D eigenvalue weighted by atomic mass is 9.73. The van der Waals surface area contributed by atoms with Crippen LogP contribution in [0.15, 0.2) is 18.3 Å². The van der Waals surface area contributed by atoms with Gasteiger partial charge >= 0.3 is 0 Å². The van der Waals surface area contributed by atoms with Crippen molar-refractivity contribution in [2.24, 2.45) is 5.41 Å². The van der Waals surface area contributed by atoms with Crippen molar-refractivity contribution >= 4 is 5.91 Å². The summed E-state index contributed by atoms with van der Waals surface area (Å²) in [6.07, 6.45) is 4.38. The lowest BCUT2D eigenvalue weighted by Gasteiger charge is -2.50. The molecule has 0 N–H and O–H groups in total. The molecular formula is C17H23FN2O3. The summed E-state index contributed by atoms with van der Waals surface area (Å²) in [5.74, 6) is -0.357. The smallest absolute Gasteiger partial charge is 0.228 e. The number of carbonyl (C=O) groups excluding carboxylic acids is 1. The third-order valence-electron chi connectivity index (χ3n) is 4.89. The minimum atomic E-state index is -0.389. The highest BCUT2D eigenvalue weighted by atomic mass is 19.1. The first kappa shape index (κ1) is 16.3. The number of likely N-dealkylation sites (tertiary alicyclic amines) is 1. The maximum absolute atomic E-state index is 12.9. The first-order valence-corrected chi connectivity index (χ1v) is 8.12. The third kappa shape index (κ3) is 3.53. The summed E-state index contributed by atoms with van der Waals surface area (Å²) in [5.41, 5.74) is 0.496. The Morgan fingerprint density at radius 1 is 1.57 bits per heavy atom. The fraction of sp³-hybridized carbons (Fsp3) is 0.647. The molecule has 1 aromatic heterocycles. The van der Waals surface area contributed by atoms with Gasteiger partial charge in [0.15, 0.2) is 0 Å². The first-order valence-electron chi connectivity index (χ1n) is 8.12. The van der Waals surface area contributed by atoms with Gasteiger partial charge in [-0.1, -0.05) is 0 Å². The molecule has 0 aliphatic carbocycles. The van der Waals surface area contributed by atoms with Gasteiger partial charge in [-0.3, -0.25) is 9.78 Å². The maximum atomic E-state index is 12.9. The summed E-state index contributed by atoms with van der Waals surface area (Å²) in [5, 5.41) is 0. The van der Waals surface area contributed by atoms with Gasteiger partial charge in [0.1, 0.15) is 5.82 Å². The minimum Gasteiger partial charge on any atom is -0.384 e. The fourth-order valence-electron chi connectivity index (χ4n) is 3.78. The van der Waals surface area contributed by atoms with Crippen molar-refractivity contribution in [3.05, 3.63) is 29.8 Å². The molecule has 2 saturated heterocycles. The van der Waals surface area contributed by atoms with Gasteiger partial charge in [-0.15, -0.1) is 0 Å². The zero-order valence-corrected chi connectivity index (χ0v) is 13.5. The van der Waals surface area contributed by atoms with Crippen LogP contribution in [-0.2, 0) is 20.7 Å². The number of methoxy groups -OCH3 is 1. The summed E-state index contributed by atoms with van der Waals surface area (Å²) >= 11 is 0. The zero-order valence-electron chi connectivity index (χ0n) is 13.5. The van der Waals surface area contributed by atoms with E-state index in [0.717, 1.165) is 32.1 Å². The number of carbonyl (C=O) groups is 1. The molecule has 2 fully saturated rings. The quantitative estimate of drug-likeness (QED) is 0.848. The van der Waals surface area contributed by atoms with E-state index in [1.807, 2.05) is 4.90 Å². The number of hydrogen-bond donors (Lipinski definition) is 0. The van der Waals surface area contributed by atoms with Crippen LogP contribution in [0.3, 0.4) is 0 Å². The molecule has 23 heavy (non-hydrogen) atoms.